The van der Waals surface area contributed by atoms with E-state index in [9.17, 15) is 9.59 Å². The highest BCUT2D eigenvalue weighted by Gasteiger charge is 2.14. The molecule has 0 aliphatic carbocycles. The van der Waals surface area contributed by atoms with Gasteiger partial charge >= 0.3 is 0 Å². The predicted octanol–water partition coefficient (Wildman–Crippen LogP) is 4.68. The highest BCUT2D eigenvalue weighted by atomic mass is 16.2. The SMILES string of the molecule is CC(NC(=O)CCC(=O)c1ccccc1)c1cccc2ccccc12. The van der Waals surface area contributed by atoms with Crippen LogP contribution in [-0.4, -0.2) is 11.7 Å². The van der Waals surface area contributed by atoms with Crippen LogP contribution in [0.2, 0.25) is 0 Å². The fourth-order valence-corrected chi connectivity index (χ4v) is 3.01. The normalized spacial score (nSPS) is 11.9. The molecule has 1 amide bonds. The number of rotatable bonds is 6. The van der Waals surface area contributed by atoms with E-state index in [4.69, 9.17) is 0 Å². The first-order chi connectivity index (χ1) is 12.1. The molecule has 0 heterocycles. The van der Waals surface area contributed by atoms with Crippen molar-refractivity contribution in [1.82, 2.24) is 5.32 Å². The van der Waals surface area contributed by atoms with Crippen LogP contribution in [0.15, 0.2) is 72.8 Å². The molecular weight excluding hydrogens is 310 g/mol. The number of Topliss-reactive ketones (excluding diaryl/α,β-unsaturated/α-hetero) is 1. The molecule has 0 fully saturated rings. The third-order valence-corrected chi connectivity index (χ3v) is 4.34. The molecule has 1 unspecified atom stereocenters. The van der Waals surface area contributed by atoms with E-state index in [1.165, 1.54) is 0 Å². The second kappa shape index (κ2) is 7.75. The summed E-state index contributed by atoms with van der Waals surface area (Å²) in [4.78, 5) is 24.3. The topological polar surface area (TPSA) is 46.2 Å². The first-order valence-electron chi connectivity index (χ1n) is 8.50. The highest BCUT2D eigenvalue weighted by molar-refractivity contribution is 5.98. The summed E-state index contributed by atoms with van der Waals surface area (Å²) in [5.41, 5.74) is 1.73. The van der Waals surface area contributed by atoms with E-state index >= 15 is 0 Å². The lowest BCUT2D eigenvalue weighted by molar-refractivity contribution is -0.121. The molecule has 0 bridgehead atoms. The van der Waals surface area contributed by atoms with Gasteiger partial charge in [-0.3, -0.25) is 9.59 Å². The Hall–Kier alpha value is -2.94. The molecule has 0 saturated carbocycles. The second-order valence-electron chi connectivity index (χ2n) is 6.15. The Kier molecular flexibility index (Phi) is 5.24. The number of hydrogen-bond acceptors (Lipinski definition) is 2. The van der Waals surface area contributed by atoms with Crippen LogP contribution in [0.3, 0.4) is 0 Å². The van der Waals surface area contributed by atoms with Gasteiger partial charge in [0.05, 0.1) is 6.04 Å². The zero-order valence-electron chi connectivity index (χ0n) is 14.2. The van der Waals surface area contributed by atoms with Gasteiger partial charge in [0, 0.05) is 18.4 Å². The number of nitrogens with one attached hydrogen (secondary N) is 1. The smallest absolute Gasteiger partial charge is 0.220 e. The van der Waals surface area contributed by atoms with Crippen LogP contribution in [0.4, 0.5) is 0 Å². The first kappa shape index (κ1) is 16.9. The molecule has 0 aliphatic heterocycles. The molecular formula is C22H21NO2. The van der Waals surface area contributed by atoms with Gasteiger partial charge in [0.25, 0.3) is 0 Å². The van der Waals surface area contributed by atoms with Crippen molar-refractivity contribution in [3.8, 4) is 0 Å². The maximum atomic E-state index is 12.2. The van der Waals surface area contributed by atoms with Crippen molar-refractivity contribution in [1.29, 1.82) is 0 Å². The molecule has 3 aromatic rings. The average Bonchev–Trinajstić information content (AvgIpc) is 2.66. The van der Waals surface area contributed by atoms with Crippen molar-refractivity contribution in [3.63, 3.8) is 0 Å². The maximum absolute atomic E-state index is 12.2. The Balaban J connectivity index is 1.61. The van der Waals surface area contributed by atoms with Crippen LogP contribution in [0.1, 0.15) is 41.7 Å². The van der Waals surface area contributed by atoms with Gasteiger partial charge in [-0.05, 0) is 23.3 Å². The summed E-state index contributed by atoms with van der Waals surface area (Å²) in [6.45, 7) is 1.97. The number of carbonyl (C=O) groups excluding carboxylic acids is 2. The summed E-state index contributed by atoms with van der Waals surface area (Å²) >= 11 is 0. The Labute approximate surface area is 147 Å². The fourth-order valence-electron chi connectivity index (χ4n) is 3.01. The van der Waals surface area contributed by atoms with Crippen LogP contribution >= 0.6 is 0 Å². The second-order valence-corrected chi connectivity index (χ2v) is 6.15. The minimum Gasteiger partial charge on any atom is -0.350 e. The zero-order chi connectivity index (χ0) is 17.6. The van der Waals surface area contributed by atoms with Gasteiger partial charge in [-0.15, -0.1) is 0 Å². The predicted molar refractivity (Wildman–Crippen MR) is 101 cm³/mol. The largest absolute Gasteiger partial charge is 0.350 e. The maximum Gasteiger partial charge on any atom is 0.220 e. The van der Waals surface area contributed by atoms with Crippen molar-refractivity contribution >= 4 is 22.5 Å². The van der Waals surface area contributed by atoms with E-state index in [2.05, 4.69) is 23.5 Å². The van der Waals surface area contributed by atoms with Crippen molar-refractivity contribution in [2.75, 3.05) is 0 Å². The number of ketones is 1. The Morgan fingerprint density at radius 1 is 0.840 bits per heavy atom. The van der Waals surface area contributed by atoms with E-state index in [0.29, 0.717) is 5.56 Å². The Morgan fingerprint density at radius 3 is 2.32 bits per heavy atom. The van der Waals surface area contributed by atoms with Gasteiger partial charge in [0.15, 0.2) is 5.78 Å². The van der Waals surface area contributed by atoms with Crippen molar-refractivity contribution < 1.29 is 9.59 Å². The Bertz CT molecular complexity index is 881. The molecule has 1 atom stereocenters. The molecule has 3 nitrogen and oxygen atoms in total. The minimum absolute atomic E-state index is 0.00596. The number of amides is 1. The molecule has 3 heteroatoms. The van der Waals surface area contributed by atoms with Crippen LogP contribution in [-0.2, 0) is 4.79 Å². The minimum atomic E-state index is -0.107. The Morgan fingerprint density at radius 2 is 1.52 bits per heavy atom. The van der Waals surface area contributed by atoms with E-state index in [0.717, 1.165) is 16.3 Å². The summed E-state index contributed by atoms with van der Waals surface area (Å²) < 4.78 is 0. The van der Waals surface area contributed by atoms with Gasteiger partial charge in [-0.2, -0.15) is 0 Å². The summed E-state index contributed by atoms with van der Waals surface area (Å²) in [6.07, 6.45) is 0.418. The monoisotopic (exact) mass is 331 g/mol. The number of benzene rings is 3. The van der Waals surface area contributed by atoms with Gasteiger partial charge in [-0.25, -0.2) is 0 Å². The van der Waals surface area contributed by atoms with Crippen molar-refractivity contribution in [2.45, 2.75) is 25.8 Å². The fraction of sp³-hybridized carbons (Fsp3) is 0.182. The first-order valence-corrected chi connectivity index (χ1v) is 8.50. The van der Waals surface area contributed by atoms with Gasteiger partial charge in [0.2, 0.25) is 5.91 Å². The van der Waals surface area contributed by atoms with Crippen LogP contribution in [0.5, 0.6) is 0 Å². The summed E-state index contributed by atoms with van der Waals surface area (Å²) in [7, 11) is 0. The molecule has 3 rings (SSSR count). The molecule has 0 aromatic heterocycles. The van der Waals surface area contributed by atoms with E-state index in [1.807, 2.05) is 49.4 Å². The molecule has 0 aliphatic rings. The lowest BCUT2D eigenvalue weighted by Crippen LogP contribution is -2.27. The molecule has 1 N–H and O–H groups in total. The summed E-state index contributed by atoms with van der Waals surface area (Å²) in [6, 6.07) is 23.2. The molecule has 126 valence electrons. The van der Waals surface area contributed by atoms with Crippen LogP contribution < -0.4 is 5.32 Å². The molecule has 3 aromatic carbocycles. The van der Waals surface area contributed by atoms with E-state index in [1.54, 1.807) is 12.1 Å². The lowest BCUT2D eigenvalue weighted by Gasteiger charge is -2.16. The van der Waals surface area contributed by atoms with Crippen molar-refractivity contribution in [2.24, 2.45) is 0 Å². The van der Waals surface area contributed by atoms with Crippen LogP contribution in [0, 0.1) is 0 Å². The third-order valence-electron chi connectivity index (χ3n) is 4.34. The summed E-state index contributed by atoms with van der Waals surface area (Å²) in [5, 5.41) is 5.29. The number of hydrogen-bond donors (Lipinski definition) is 1. The van der Waals surface area contributed by atoms with Gasteiger partial charge in [0.1, 0.15) is 0 Å². The third kappa shape index (κ3) is 4.13. The summed E-state index contributed by atoms with van der Waals surface area (Å²) in [5.74, 6) is -0.113. The quantitative estimate of drug-likeness (QED) is 0.667. The number of carbonyl (C=O) groups is 2. The average molecular weight is 331 g/mol. The van der Waals surface area contributed by atoms with Crippen LogP contribution in [0.25, 0.3) is 10.8 Å². The van der Waals surface area contributed by atoms with Gasteiger partial charge < -0.3 is 5.32 Å². The van der Waals surface area contributed by atoms with Crippen molar-refractivity contribution in [3.05, 3.63) is 83.9 Å². The zero-order valence-corrected chi connectivity index (χ0v) is 14.2. The van der Waals surface area contributed by atoms with Gasteiger partial charge in [-0.1, -0.05) is 72.8 Å². The number of fused-ring (bicyclic) bond motifs is 1. The lowest BCUT2D eigenvalue weighted by atomic mass is 9.99. The highest BCUT2D eigenvalue weighted by Crippen LogP contribution is 2.24. The molecule has 0 saturated heterocycles. The standard InChI is InChI=1S/C22H21NO2/c1-16(19-13-7-11-17-8-5-6-12-20(17)19)23-22(25)15-14-21(24)18-9-3-2-4-10-18/h2-13,16H,14-15H2,1H3,(H,23,25). The van der Waals surface area contributed by atoms with E-state index < -0.39 is 0 Å². The molecule has 25 heavy (non-hydrogen) atoms. The molecule has 0 radical (unpaired) electrons. The van der Waals surface area contributed by atoms with E-state index in [-0.39, 0.29) is 30.6 Å². The molecule has 0 spiro atoms.